The first kappa shape index (κ1) is 23.3. The van der Waals surface area contributed by atoms with Gasteiger partial charge in [0.2, 0.25) is 5.90 Å². The topological polar surface area (TPSA) is 75.3 Å². The average Bonchev–Trinajstić information content (AvgIpc) is 3.50. The van der Waals surface area contributed by atoms with E-state index in [1.54, 1.807) is 30.3 Å². The van der Waals surface area contributed by atoms with E-state index in [0.29, 0.717) is 23.9 Å². The summed E-state index contributed by atoms with van der Waals surface area (Å²) in [5.74, 6) is 0.186. The number of carbonyl (C=O) groups excluding carboxylic acids is 2. The molecule has 2 heterocycles. The molecule has 1 amide bonds. The first-order chi connectivity index (χ1) is 16.5. The molecule has 3 aromatic rings. The summed E-state index contributed by atoms with van der Waals surface area (Å²) in [6, 6.07) is 17.2. The van der Waals surface area contributed by atoms with Crippen LogP contribution in [0.4, 0.5) is 0 Å². The highest BCUT2D eigenvalue weighted by Crippen LogP contribution is 2.24. The molecule has 2 aromatic carbocycles. The van der Waals surface area contributed by atoms with Crippen LogP contribution in [0.5, 0.6) is 0 Å². The number of amides is 1. The first-order valence-electron chi connectivity index (χ1n) is 11.5. The molecule has 0 saturated heterocycles. The van der Waals surface area contributed by atoms with E-state index in [-0.39, 0.29) is 5.91 Å². The van der Waals surface area contributed by atoms with Crippen LogP contribution < -0.4 is 0 Å². The van der Waals surface area contributed by atoms with Crippen molar-refractivity contribution in [2.75, 3.05) is 27.2 Å². The molecular weight excluding hydrogens is 430 g/mol. The van der Waals surface area contributed by atoms with Gasteiger partial charge >= 0.3 is 5.97 Å². The van der Waals surface area contributed by atoms with E-state index in [1.807, 2.05) is 54.4 Å². The lowest BCUT2D eigenvalue weighted by atomic mass is 10.0. The summed E-state index contributed by atoms with van der Waals surface area (Å²) in [5, 5.41) is 2.08. The Morgan fingerprint density at radius 3 is 2.50 bits per heavy atom. The largest absolute Gasteiger partial charge is 0.459 e. The molecule has 7 nitrogen and oxygen atoms in total. The van der Waals surface area contributed by atoms with E-state index in [9.17, 15) is 9.59 Å². The molecule has 0 aliphatic carbocycles. The third-order valence-corrected chi connectivity index (χ3v) is 5.82. The number of carbonyl (C=O) groups is 2. The summed E-state index contributed by atoms with van der Waals surface area (Å²) < 4.78 is 10.6. The predicted octanol–water partition coefficient (Wildman–Crippen LogP) is 4.84. The lowest BCUT2D eigenvalue weighted by Crippen LogP contribution is -2.27. The van der Waals surface area contributed by atoms with E-state index in [2.05, 4.69) is 4.99 Å². The van der Waals surface area contributed by atoms with E-state index >= 15 is 0 Å². The van der Waals surface area contributed by atoms with Crippen LogP contribution in [0.15, 0.2) is 82.2 Å². The van der Waals surface area contributed by atoms with Crippen molar-refractivity contribution in [2.24, 2.45) is 4.99 Å². The molecule has 0 saturated carbocycles. The van der Waals surface area contributed by atoms with Crippen LogP contribution >= 0.6 is 0 Å². The zero-order valence-electron chi connectivity index (χ0n) is 19.6. The Hall–Kier alpha value is -3.87. The maximum absolute atomic E-state index is 12.4. The number of ether oxygens (including phenoxy) is 1. The summed E-state index contributed by atoms with van der Waals surface area (Å²) in [5.41, 5.74) is 1.12. The molecule has 0 bridgehead atoms. The number of aliphatic imine (C=N–C) groups is 1. The van der Waals surface area contributed by atoms with Crippen molar-refractivity contribution in [1.82, 2.24) is 9.80 Å². The Bertz CT molecular complexity index is 1210. The minimum absolute atomic E-state index is 0.0942. The molecule has 0 spiro atoms. The molecule has 4 rings (SSSR count). The van der Waals surface area contributed by atoms with Gasteiger partial charge in [-0.25, -0.2) is 9.79 Å². The van der Waals surface area contributed by atoms with Gasteiger partial charge in [-0.3, -0.25) is 4.79 Å². The van der Waals surface area contributed by atoms with Crippen LogP contribution in [0.3, 0.4) is 0 Å². The number of fused-ring (bicyclic) bond motifs is 1. The van der Waals surface area contributed by atoms with Crippen molar-refractivity contribution in [3.63, 3.8) is 0 Å². The third kappa shape index (κ3) is 5.54. The summed E-state index contributed by atoms with van der Waals surface area (Å²) in [4.78, 5) is 32.7. The third-order valence-electron chi connectivity index (χ3n) is 5.82. The van der Waals surface area contributed by atoms with Gasteiger partial charge in [0, 0.05) is 38.9 Å². The molecule has 0 unspecified atom stereocenters. The Labute approximate surface area is 199 Å². The summed E-state index contributed by atoms with van der Waals surface area (Å²) >= 11 is 0. The Kier molecular flexibility index (Phi) is 7.42. The predicted molar refractivity (Wildman–Crippen MR) is 131 cm³/mol. The number of nitrogens with zero attached hydrogens (tertiary/aromatic N) is 3. The monoisotopic (exact) mass is 459 g/mol. The van der Waals surface area contributed by atoms with Crippen molar-refractivity contribution in [3.8, 4) is 0 Å². The van der Waals surface area contributed by atoms with Gasteiger partial charge in [0.15, 0.2) is 11.5 Å². The minimum atomic E-state index is -0.431. The van der Waals surface area contributed by atoms with Crippen molar-refractivity contribution >= 4 is 28.5 Å². The second kappa shape index (κ2) is 10.8. The molecule has 0 atom stereocenters. The summed E-state index contributed by atoms with van der Waals surface area (Å²) in [6.07, 6.45) is 7.21. The normalized spacial score (nSPS) is 14.4. The Morgan fingerprint density at radius 1 is 0.941 bits per heavy atom. The number of hydrogen-bond acceptors (Lipinski definition) is 6. The Balaban J connectivity index is 1.24. The lowest BCUT2D eigenvalue weighted by molar-refractivity contribution is -0.130. The molecule has 176 valence electrons. The van der Waals surface area contributed by atoms with Gasteiger partial charge in [-0.1, -0.05) is 49.2 Å². The quantitative estimate of drug-likeness (QED) is 0.246. The van der Waals surface area contributed by atoms with Gasteiger partial charge in [0.1, 0.15) is 0 Å². The maximum Gasteiger partial charge on any atom is 0.365 e. The van der Waals surface area contributed by atoms with E-state index in [1.165, 1.54) is 6.26 Å². The number of benzene rings is 2. The van der Waals surface area contributed by atoms with Gasteiger partial charge in [-0.2, -0.15) is 0 Å². The molecule has 7 heteroatoms. The molecule has 0 radical (unpaired) electrons. The van der Waals surface area contributed by atoms with Crippen LogP contribution in [0.1, 0.15) is 41.8 Å². The fourth-order valence-corrected chi connectivity index (χ4v) is 3.95. The number of cyclic esters (lactones) is 1. The number of rotatable bonds is 10. The SMILES string of the molecule is CN(C=C1N=C(c2cccc3ccccc23)OC1=O)CCCCCCN(C)C(=O)c1ccco1. The zero-order valence-corrected chi connectivity index (χ0v) is 19.6. The Morgan fingerprint density at radius 2 is 1.71 bits per heavy atom. The molecule has 0 fully saturated rings. The number of furan rings is 1. The average molecular weight is 460 g/mol. The lowest BCUT2D eigenvalue weighted by Gasteiger charge is -2.16. The van der Waals surface area contributed by atoms with E-state index in [0.717, 1.165) is 48.6 Å². The molecule has 0 N–H and O–H groups in total. The van der Waals surface area contributed by atoms with Gasteiger partial charge in [0.25, 0.3) is 5.91 Å². The highest BCUT2D eigenvalue weighted by Gasteiger charge is 2.25. The molecule has 1 aliphatic rings. The summed E-state index contributed by atoms with van der Waals surface area (Å²) in [7, 11) is 3.72. The van der Waals surface area contributed by atoms with Gasteiger partial charge in [0.05, 0.1) is 6.26 Å². The highest BCUT2D eigenvalue weighted by molar-refractivity contribution is 6.16. The first-order valence-corrected chi connectivity index (χ1v) is 11.5. The smallest absolute Gasteiger partial charge is 0.365 e. The van der Waals surface area contributed by atoms with Crippen molar-refractivity contribution in [2.45, 2.75) is 25.7 Å². The van der Waals surface area contributed by atoms with E-state index < -0.39 is 5.97 Å². The van der Waals surface area contributed by atoms with Crippen LogP contribution in [0.2, 0.25) is 0 Å². The fourth-order valence-electron chi connectivity index (χ4n) is 3.95. The van der Waals surface area contributed by atoms with Gasteiger partial charge < -0.3 is 19.0 Å². The van der Waals surface area contributed by atoms with Crippen LogP contribution in [0.25, 0.3) is 10.8 Å². The molecule has 34 heavy (non-hydrogen) atoms. The van der Waals surface area contributed by atoms with Crippen LogP contribution in [-0.2, 0) is 9.53 Å². The number of esters is 1. The van der Waals surface area contributed by atoms with Gasteiger partial charge in [-0.15, -0.1) is 0 Å². The van der Waals surface area contributed by atoms with Crippen molar-refractivity contribution < 1.29 is 18.7 Å². The second-order valence-electron chi connectivity index (χ2n) is 8.45. The van der Waals surface area contributed by atoms with Crippen LogP contribution in [-0.4, -0.2) is 54.8 Å². The zero-order chi connectivity index (χ0) is 23.9. The minimum Gasteiger partial charge on any atom is -0.459 e. The second-order valence-corrected chi connectivity index (χ2v) is 8.45. The van der Waals surface area contributed by atoms with Crippen molar-refractivity contribution in [1.29, 1.82) is 0 Å². The van der Waals surface area contributed by atoms with Crippen LogP contribution in [0, 0.1) is 0 Å². The fraction of sp³-hybridized carbons (Fsp3) is 0.296. The molecular formula is C27H29N3O4. The van der Waals surface area contributed by atoms with Gasteiger partial charge in [-0.05, 0) is 41.8 Å². The highest BCUT2D eigenvalue weighted by atomic mass is 16.6. The number of unbranched alkanes of at least 4 members (excludes halogenated alkanes) is 3. The number of hydrogen-bond donors (Lipinski definition) is 0. The summed E-state index contributed by atoms with van der Waals surface area (Å²) in [6.45, 7) is 1.49. The molecule has 1 aromatic heterocycles. The maximum atomic E-state index is 12.4. The van der Waals surface area contributed by atoms with Crippen molar-refractivity contribution in [3.05, 3.63) is 84.1 Å². The van der Waals surface area contributed by atoms with E-state index in [4.69, 9.17) is 9.15 Å². The molecule has 1 aliphatic heterocycles. The standard InChI is InChI=1S/C27H29N3O4/c1-29(16-7-3-4-8-17-30(2)26(31)24-15-10-18-33-24)19-23-27(32)34-25(28-23)22-14-9-12-20-11-5-6-13-21(20)22/h5-6,9-15,18-19H,3-4,7-8,16-17H2,1-2H3.